The lowest BCUT2D eigenvalue weighted by atomic mass is 9.96. The second-order valence-electron chi connectivity index (χ2n) is 7.17. The summed E-state index contributed by atoms with van der Waals surface area (Å²) in [6, 6.07) is 15.6. The van der Waals surface area contributed by atoms with E-state index in [1.54, 1.807) is 13.2 Å². The highest BCUT2D eigenvalue weighted by Crippen LogP contribution is 2.32. The molecule has 2 aromatic carbocycles. The molecule has 1 aliphatic heterocycles. The molecule has 0 N–H and O–H groups in total. The van der Waals surface area contributed by atoms with Gasteiger partial charge in [-0.2, -0.15) is 0 Å². The fraction of sp³-hybridized carbons (Fsp3) is 0.381. The lowest BCUT2D eigenvalue weighted by Crippen LogP contribution is -2.56. The first-order chi connectivity index (χ1) is 11.9. The molecule has 132 valence electrons. The zero-order chi connectivity index (χ0) is 18.0. The molecule has 0 spiro atoms. The van der Waals surface area contributed by atoms with E-state index in [0.717, 1.165) is 5.56 Å². The zero-order valence-electron chi connectivity index (χ0n) is 15.3. The zero-order valence-corrected chi connectivity index (χ0v) is 15.3. The number of methoxy groups -OCH3 is 1. The number of amides is 1. The van der Waals surface area contributed by atoms with Gasteiger partial charge in [0.25, 0.3) is 5.91 Å². The van der Waals surface area contributed by atoms with Crippen molar-refractivity contribution in [3.8, 4) is 5.75 Å². The SMILES string of the molecule is COc1cccc(C(=O)N2CC(c3ccc(C)cc3)OCC2(C)C)c1. The van der Waals surface area contributed by atoms with Crippen molar-refractivity contribution in [3.05, 3.63) is 65.2 Å². The molecule has 0 saturated carbocycles. The predicted octanol–water partition coefficient (Wildman–Crippen LogP) is 4.00. The van der Waals surface area contributed by atoms with Crippen molar-refractivity contribution in [1.82, 2.24) is 4.90 Å². The van der Waals surface area contributed by atoms with E-state index in [-0.39, 0.29) is 17.6 Å². The fourth-order valence-electron chi connectivity index (χ4n) is 3.10. The molecule has 2 aromatic rings. The molecule has 0 bridgehead atoms. The van der Waals surface area contributed by atoms with E-state index in [4.69, 9.17) is 9.47 Å². The minimum absolute atomic E-state index is 0.00399. The molecule has 4 nitrogen and oxygen atoms in total. The Morgan fingerprint density at radius 2 is 1.92 bits per heavy atom. The smallest absolute Gasteiger partial charge is 0.254 e. The highest BCUT2D eigenvalue weighted by Gasteiger charge is 2.39. The molecular formula is C21H25NO3. The number of hydrogen-bond acceptors (Lipinski definition) is 3. The molecule has 0 radical (unpaired) electrons. The predicted molar refractivity (Wildman–Crippen MR) is 98.0 cm³/mol. The molecule has 25 heavy (non-hydrogen) atoms. The van der Waals surface area contributed by atoms with Crippen LogP contribution < -0.4 is 4.74 Å². The maximum atomic E-state index is 13.1. The van der Waals surface area contributed by atoms with Gasteiger partial charge in [0.05, 0.1) is 25.8 Å². The number of hydrogen-bond donors (Lipinski definition) is 0. The monoisotopic (exact) mass is 339 g/mol. The van der Waals surface area contributed by atoms with Crippen LogP contribution in [0, 0.1) is 6.92 Å². The van der Waals surface area contributed by atoms with Crippen LogP contribution in [0.2, 0.25) is 0 Å². The third-order valence-electron chi connectivity index (χ3n) is 4.73. The molecule has 1 unspecified atom stereocenters. The largest absolute Gasteiger partial charge is 0.497 e. The molecule has 4 heteroatoms. The van der Waals surface area contributed by atoms with E-state index in [1.807, 2.05) is 36.9 Å². The number of benzene rings is 2. The van der Waals surface area contributed by atoms with Gasteiger partial charge in [-0.05, 0) is 44.5 Å². The molecule has 1 saturated heterocycles. The van der Waals surface area contributed by atoms with Crippen molar-refractivity contribution in [2.24, 2.45) is 0 Å². The summed E-state index contributed by atoms with van der Waals surface area (Å²) in [6.07, 6.45) is -0.108. The van der Waals surface area contributed by atoms with Crippen LogP contribution in [0.5, 0.6) is 5.75 Å². The number of carbonyl (C=O) groups excluding carboxylic acids is 1. The number of carbonyl (C=O) groups is 1. The topological polar surface area (TPSA) is 38.8 Å². The number of morpholine rings is 1. The van der Waals surface area contributed by atoms with E-state index in [1.165, 1.54) is 5.56 Å². The van der Waals surface area contributed by atoms with E-state index >= 15 is 0 Å². The molecule has 1 fully saturated rings. The van der Waals surface area contributed by atoms with Gasteiger partial charge >= 0.3 is 0 Å². The highest BCUT2D eigenvalue weighted by molar-refractivity contribution is 5.95. The molecule has 1 aliphatic rings. The summed E-state index contributed by atoms with van der Waals surface area (Å²) < 4.78 is 11.3. The van der Waals surface area contributed by atoms with Crippen molar-refractivity contribution in [2.75, 3.05) is 20.3 Å². The summed E-state index contributed by atoms with van der Waals surface area (Å²) in [6.45, 7) is 7.17. The van der Waals surface area contributed by atoms with E-state index < -0.39 is 0 Å². The van der Waals surface area contributed by atoms with Crippen LogP contribution in [-0.2, 0) is 4.74 Å². The number of rotatable bonds is 3. The molecule has 1 heterocycles. The maximum absolute atomic E-state index is 13.1. The number of aryl methyl sites for hydroxylation is 1. The Kier molecular flexibility index (Phi) is 4.82. The first-order valence-corrected chi connectivity index (χ1v) is 8.55. The van der Waals surface area contributed by atoms with Crippen LogP contribution in [-0.4, -0.2) is 36.6 Å². The first-order valence-electron chi connectivity index (χ1n) is 8.55. The number of ether oxygens (including phenoxy) is 2. The Balaban J connectivity index is 1.86. The standard InChI is InChI=1S/C21H25NO3/c1-15-8-10-16(11-9-15)19-13-22(21(2,3)14-25-19)20(23)17-6-5-7-18(12-17)24-4/h5-12,19H,13-14H2,1-4H3. The lowest BCUT2D eigenvalue weighted by molar-refractivity contribution is -0.0846. The van der Waals surface area contributed by atoms with Gasteiger partial charge in [-0.1, -0.05) is 35.9 Å². The van der Waals surface area contributed by atoms with Crippen LogP contribution in [0.25, 0.3) is 0 Å². The number of nitrogens with zero attached hydrogens (tertiary/aromatic N) is 1. The Hall–Kier alpha value is -2.33. The van der Waals surface area contributed by atoms with E-state index in [0.29, 0.717) is 24.5 Å². The van der Waals surface area contributed by atoms with Crippen molar-refractivity contribution in [2.45, 2.75) is 32.4 Å². The molecule has 0 aromatic heterocycles. The molecule has 0 aliphatic carbocycles. The summed E-state index contributed by atoms with van der Waals surface area (Å²) in [7, 11) is 1.61. The second kappa shape index (κ2) is 6.89. The lowest BCUT2D eigenvalue weighted by Gasteiger charge is -2.45. The summed E-state index contributed by atoms with van der Waals surface area (Å²) >= 11 is 0. The van der Waals surface area contributed by atoms with Gasteiger partial charge in [-0.3, -0.25) is 4.79 Å². The van der Waals surface area contributed by atoms with Gasteiger partial charge in [-0.15, -0.1) is 0 Å². The average Bonchev–Trinajstić information content (AvgIpc) is 2.62. The minimum atomic E-state index is -0.360. The van der Waals surface area contributed by atoms with Gasteiger partial charge in [0, 0.05) is 5.56 Å². The normalized spacial score (nSPS) is 19.5. The van der Waals surface area contributed by atoms with Gasteiger partial charge in [0.1, 0.15) is 11.9 Å². The van der Waals surface area contributed by atoms with Crippen LogP contribution in [0.4, 0.5) is 0 Å². The maximum Gasteiger partial charge on any atom is 0.254 e. The summed E-state index contributed by atoms with van der Waals surface area (Å²) in [5.74, 6) is 0.691. The van der Waals surface area contributed by atoms with Gasteiger partial charge in [-0.25, -0.2) is 0 Å². The van der Waals surface area contributed by atoms with Gasteiger partial charge in [0.2, 0.25) is 0 Å². The van der Waals surface area contributed by atoms with Crippen LogP contribution >= 0.6 is 0 Å². The van der Waals surface area contributed by atoms with Crippen molar-refractivity contribution < 1.29 is 14.3 Å². The highest BCUT2D eigenvalue weighted by atomic mass is 16.5. The molecule has 1 amide bonds. The van der Waals surface area contributed by atoms with Gasteiger partial charge < -0.3 is 14.4 Å². The fourth-order valence-corrected chi connectivity index (χ4v) is 3.10. The summed E-state index contributed by atoms with van der Waals surface area (Å²) in [5, 5.41) is 0. The summed E-state index contributed by atoms with van der Waals surface area (Å²) in [4.78, 5) is 15.0. The van der Waals surface area contributed by atoms with E-state index in [2.05, 4.69) is 31.2 Å². The van der Waals surface area contributed by atoms with Crippen LogP contribution in [0.3, 0.4) is 0 Å². The summed E-state index contributed by atoms with van der Waals surface area (Å²) in [5.41, 5.74) is 2.59. The van der Waals surface area contributed by atoms with Crippen LogP contribution in [0.15, 0.2) is 48.5 Å². The van der Waals surface area contributed by atoms with Crippen molar-refractivity contribution in [1.29, 1.82) is 0 Å². The van der Waals surface area contributed by atoms with Crippen LogP contribution in [0.1, 0.15) is 41.4 Å². The molecular weight excluding hydrogens is 314 g/mol. The van der Waals surface area contributed by atoms with Gasteiger partial charge in [0.15, 0.2) is 0 Å². The van der Waals surface area contributed by atoms with Crippen molar-refractivity contribution >= 4 is 5.91 Å². The molecule has 3 rings (SSSR count). The Morgan fingerprint density at radius 1 is 1.20 bits per heavy atom. The minimum Gasteiger partial charge on any atom is -0.497 e. The average molecular weight is 339 g/mol. The Labute approximate surface area is 149 Å². The molecule has 1 atom stereocenters. The third kappa shape index (κ3) is 3.69. The Morgan fingerprint density at radius 3 is 2.60 bits per heavy atom. The Bertz CT molecular complexity index is 752. The first kappa shape index (κ1) is 17.5. The van der Waals surface area contributed by atoms with E-state index in [9.17, 15) is 4.79 Å². The third-order valence-corrected chi connectivity index (χ3v) is 4.73. The quantitative estimate of drug-likeness (QED) is 0.848. The second-order valence-corrected chi connectivity index (χ2v) is 7.17. The van der Waals surface area contributed by atoms with Crippen molar-refractivity contribution in [3.63, 3.8) is 0 Å².